The van der Waals surface area contributed by atoms with E-state index >= 15 is 0 Å². The molecule has 1 aromatic heterocycles. The van der Waals surface area contributed by atoms with E-state index in [0.717, 1.165) is 11.6 Å². The largest absolute Gasteiger partial charge is 0.358 e. The molecule has 0 unspecified atom stereocenters. The minimum absolute atomic E-state index is 0.923. The molecule has 0 spiro atoms. The summed E-state index contributed by atoms with van der Waals surface area (Å²) in [6.45, 7) is 2.03. The third-order valence-corrected chi connectivity index (χ3v) is 3.68. The Balaban J connectivity index is 2.16. The lowest BCUT2D eigenvalue weighted by Crippen LogP contribution is -2.09. The van der Waals surface area contributed by atoms with Crippen molar-refractivity contribution in [3.8, 4) is 5.69 Å². The first-order valence-corrected chi connectivity index (χ1v) is 6.64. The molecule has 0 saturated heterocycles. The topological polar surface area (TPSA) is 29.9 Å². The van der Waals surface area contributed by atoms with E-state index in [1.54, 1.807) is 0 Å². The zero-order chi connectivity index (χ0) is 12.5. The summed E-state index contributed by atoms with van der Waals surface area (Å²) < 4.78 is 2.18. The number of fused-ring (bicyclic) bond motifs is 1. The lowest BCUT2D eigenvalue weighted by molar-refractivity contribution is 0.681. The lowest BCUT2D eigenvalue weighted by atomic mass is 9.90. The SMILES string of the molecule is CNc1nc(C)cn1-c1cccc2c1CCCC2. The fourth-order valence-corrected chi connectivity index (χ4v) is 2.84. The van der Waals surface area contributed by atoms with Gasteiger partial charge in [0, 0.05) is 13.2 Å². The maximum atomic E-state index is 4.51. The average Bonchev–Trinajstić information content (AvgIpc) is 2.79. The molecule has 0 fully saturated rings. The average molecular weight is 241 g/mol. The van der Waals surface area contributed by atoms with Crippen LogP contribution >= 0.6 is 0 Å². The van der Waals surface area contributed by atoms with E-state index in [4.69, 9.17) is 0 Å². The summed E-state index contributed by atoms with van der Waals surface area (Å²) in [5, 5.41) is 3.17. The van der Waals surface area contributed by atoms with Gasteiger partial charge in [0.25, 0.3) is 0 Å². The van der Waals surface area contributed by atoms with Crippen molar-refractivity contribution in [3.63, 3.8) is 0 Å². The molecule has 1 aliphatic carbocycles. The van der Waals surface area contributed by atoms with Gasteiger partial charge in [-0.1, -0.05) is 12.1 Å². The molecule has 0 bridgehead atoms. The van der Waals surface area contributed by atoms with Crippen LogP contribution in [0.2, 0.25) is 0 Å². The molecule has 0 saturated carbocycles. The van der Waals surface area contributed by atoms with E-state index in [1.807, 2.05) is 14.0 Å². The summed E-state index contributed by atoms with van der Waals surface area (Å²) in [6.07, 6.45) is 7.12. The van der Waals surface area contributed by atoms with E-state index in [2.05, 4.69) is 39.3 Å². The Kier molecular flexibility index (Phi) is 2.82. The summed E-state index contributed by atoms with van der Waals surface area (Å²) >= 11 is 0. The predicted octanol–water partition coefficient (Wildman–Crippen LogP) is 3.10. The normalized spacial score (nSPS) is 14.3. The monoisotopic (exact) mass is 241 g/mol. The minimum Gasteiger partial charge on any atom is -0.358 e. The van der Waals surface area contributed by atoms with Crippen LogP contribution in [0, 0.1) is 6.92 Å². The number of nitrogens with one attached hydrogen (secondary N) is 1. The maximum absolute atomic E-state index is 4.51. The summed E-state index contributed by atoms with van der Waals surface area (Å²) in [5.74, 6) is 0.923. The Hall–Kier alpha value is -1.77. The Morgan fingerprint density at radius 1 is 1.22 bits per heavy atom. The first kappa shape index (κ1) is 11.3. The van der Waals surface area contributed by atoms with Gasteiger partial charge in [-0.3, -0.25) is 4.57 Å². The standard InChI is InChI=1S/C15H19N3/c1-11-10-18(15(16-2)17-11)14-9-5-7-12-6-3-4-8-13(12)14/h5,7,9-10H,3-4,6,8H2,1-2H3,(H,16,17). The van der Waals surface area contributed by atoms with Gasteiger partial charge in [-0.05, 0) is 49.8 Å². The fourth-order valence-electron chi connectivity index (χ4n) is 2.84. The molecule has 1 heterocycles. The molecule has 3 nitrogen and oxygen atoms in total. The number of anilines is 1. The summed E-state index contributed by atoms with van der Waals surface area (Å²) in [7, 11) is 1.92. The van der Waals surface area contributed by atoms with Gasteiger partial charge in [0.05, 0.1) is 11.4 Å². The van der Waals surface area contributed by atoms with Crippen molar-refractivity contribution in [1.82, 2.24) is 9.55 Å². The third kappa shape index (κ3) is 1.80. The number of hydrogen-bond acceptors (Lipinski definition) is 2. The highest BCUT2D eigenvalue weighted by atomic mass is 15.2. The fraction of sp³-hybridized carbons (Fsp3) is 0.400. The maximum Gasteiger partial charge on any atom is 0.207 e. The molecule has 0 amide bonds. The van der Waals surface area contributed by atoms with Gasteiger partial charge >= 0.3 is 0 Å². The molecule has 3 rings (SSSR count). The number of hydrogen-bond donors (Lipinski definition) is 1. The smallest absolute Gasteiger partial charge is 0.207 e. The molecule has 2 aromatic rings. The molecule has 1 N–H and O–H groups in total. The zero-order valence-corrected chi connectivity index (χ0v) is 11.0. The van der Waals surface area contributed by atoms with Crippen LogP contribution in [0.1, 0.15) is 29.7 Å². The van der Waals surface area contributed by atoms with E-state index in [-0.39, 0.29) is 0 Å². The zero-order valence-electron chi connectivity index (χ0n) is 11.0. The van der Waals surface area contributed by atoms with Crippen molar-refractivity contribution in [3.05, 3.63) is 41.2 Å². The van der Waals surface area contributed by atoms with Crippen molar-refractivity contribution in [2.45, 2.75) is 32.6 Å². The first-order chi connectivity index (χ1) is 8.79. The number of rotatable bonds is 2. The van der Waals surface area contributed by atoms with Gasteiger partial charge in [0.2, 0.25) is 5.95 Å². The van der Waals surface area contributed by atoms with Crippen LogP contribution in [-0.2, 0) is 12.8 Å². The Morgan fingerprint density at radius 2 is 2.06 bits per heavy atom. The summed E-state index contributed by atoms with van der Waals surface area (Å²) in [5.41, 5.74) is 5.34. The highest BCUT2D eigenvalue weighted by molar-refractivity contribution is 5.52. The summed E-state index contributed by atoms with van der Waals surface area (Å²) in [4.78, 5) is 4.51. The van der Waals surface area contributed by atoms with Crippen molar-refractivity contribution in [1.29, 1.82) is 0 Å². The number of benzene rings is 1. The van der Waals surface area contributed by atoms with Crippen LogP contribution in [0.3, 0.4) is 0 Å². The van der Waals surface area contributed by atoms with Crippen LogP contribution in [-0.4, -0.2) is 16.6 Å². The van der Waals surface area contributed by atoms with Crippen molar-refractivity contribution in [2.24, 2.45) is 0 Å². The van der Waals surface area contributed by atoms with Gasteiger partial charge in [-0.25, -0.2) is 4.98 Å². The van der Waals surface area contributed by atoms with E-state index in [1.165, 1.54) is 42.5 Å². The lowest BCUT2D eigenvalue weighted by Gasteiger charge is -2.20. The molecule has 0 atom stereocenters. The number of aryl methyl sites for hydroxylation is 2. The predicted molar refractivity (Wildman–Crippen MR) is 74.5 cm³/mol. The minimum atomic E-state index is 0.923. The third-order valence-electron chi connectivity index (χ3n) is 3.68. The first-order valence-electron chi connectivity index (χ1n) is 6.64. The second-order valence-electron chi connectivity index (χ2n) is 4.95. The van der Waals surface area contributed by atoms with Crippen LogP contribution in [0.5, 0.6) is 0 Å². The second kappa shape index (κ2) is 4.48. The molecular formula is C15H19N3. The van der Waals surface area contributed by atoms with E-state index in [0.29, 0.717) is 0 Å². The molecular weight excluding hydrogens is 222 g/mol. The highest BCUT2D eigenvalue weighted by Crippen LogP contribution is 2.28. The van der Waals surface area contributed by atoms with Crippen LogP contribution in [0.4, 0.5) is 5.95 Å². The molecule has 0 aliphatic heterocycles. The van der Waals surface area contributed by atoms with E-state index in [9.17, 15) is 0 Å². The highest BCUT2D eigenvalue weighted by Gasteiger charge is 2.15. The van der Waals surface area contributed by atoms with Crippen molar-refractivity contribution >= 4 is 5.95 Å². The Bertz CT molecular complexity index is 569. The van der Waals surface area contributed by atoms with Crippen molar-refractivity contribution < 1.29 is 0 Å². The van der Waals surface area contributed by atoms with Crippen LogP contribution < -0.4 is 5.32 Å². The Labute approximate surface area is 108 Å². The quantitative estimate of drug-likeness (QED) is 0.875. The Morgan fingerprint density at radius 3 is 2.89 bits per heavy atom. The molecule has 0 radical (unpaired) electrons. The van der Waals surface area contributed by atoms with Crippen molar-refractivity contribution in [2.75, 3.05) is 12.4 Å². The van der Waals surface area contributed by atoms with Gasteiger partial charge in [0.15, 0.2) is 0 Å². The number of nitrogens with zero attached hydrogens (tertiary/aromatic N) is 2. The van der Waals surface area contributed by atoms with Crippen LogP contribution in [0.15, 0.2) is 24.4 Å². The second-order valence-corrected chi connectivity index (χ2v) is 4.95. The molecule has 94 valence electrons. The summed E-state index contributed by atoms with van der Waals surface area (Å²) in [6, 6.07) is 6.63. The van der Waals surface area contributed by atoms with E-state index < -0.39 is 0 Å². The van der Waals surface area contributed by atoms with Crippen LogP contribution in [0.25, 0.3) is 5.69 Å². The molecule has 1 aliphatic rings. The molecule has 1 aromatic carbocycles. The van der Waals surface area contributed by atoms with Gasteiger partial charge in [0.1, 0.15) is 0 Å². The molecule has 18 heavy (non-hydrogen) atoms. The van der Waals surface area contributed by atoms with Gasteiger partial charge in [-0.2, -0.15) is 0 Å². The van der Waals surface area contributed by atoms with Gasteiger partial charge < -0.3 is 5.32 Å². The number of aromatic nitrogens is 2. The van der Waals surface area contributed by atoms with Gasteiger partial charge in [-0.15, -0.1) is 0 Å². The molecule has 3 heteroatoms. The number of imidazole rings is 1.